The lowest BCUT2D eigenvalue weighted by Gasteiger charge is -2.27. The number of alkyl halides is 2. The number of carbonyl (C=O) groups is 1. The number of methoxy groups -OCH3 is 1. The monoisotopic (exact) mass is 705 g/mol. The highest BCUT2D eigenvalue weighted by atomic mass is 19.3. The van der Waals surface area contributed by atoms with Crippen LogP contribution in [0, 0.1) is 6.92 Å². The van der Waals surface area contributed by atoms with Crippen LogP contribution in [0.1, 0.15) is 41.7 Å². The molecule has 2 saturated heterocycles. The third kappa shape index (κ3) is 9.07. The van der Waals surface area contributed by atoms with Gasteiger partial charge >= 0.3 is 6.03 Å². The maximum absolute atomic E-state index is 13.8. The number of nitrogens with one attached hydrogen (secondary N) is 3. The summed E-state index contributed by atoms with van der Waals surface area (Å²) in [7, 11) is 1.68. The molecular formula is C37H45F2N7O5. The maximum atomic E-state index is 13.8. The lowest BCUT2D eigenvalue weighted by Crippen LogP contribution is -2.42. The standard InChI is InChI=1S/C37H45F2N7O5/c1-24-33(26-19-29(36(40-20-26)51-23-32(38)39)35(47)41-27-13-16-50-17-14-27)44-46(28-11-7-4-8-12-28)34(24)43-37(48)42-31-22-45(15-18-49-2)21-30(31)25-9-5-3-6-10-25/h3-12,19-20,27,30-32,35,41,47H,13-18,21-23H2,1-2H3,(H2,42,43,48)/t30-,31+,35?/m0/s1. The van der Waals surface area contributed by atoms with Gasteiger partial charge in [0.2, 0.25) is 5.88 Å². The van der Waals surface area contributed by atoms with Gasteiger partial charge in [-0.05, 0) is 43.5 Å². The molecule has 2 aliphatic rings. The van der Waals surface area contributed by atoms with Gasteiger partial charge in [0, 0.05) is 69.2 Å². The van der Waals surface area contributed by atoms with E-state index in [0.717, 1.165) is 18.7 Å². The summed E-state index contributed by atoms with van der Waals surface area (Å²) in [5, 5.41) is 25.6. The number of aliphatic hydroxyl groups is 1. The van der Waals surface area contributed by atoms with Crippen molar-refractivity contribution in [1.29, 1.82) is 0 Å². The van der Waals surface area contributed by atoms with Gasteiger partial charge in [0.25, 0.3) is 6.43 Å². The smallest absolute Gasteiger partial charge is 0.320 e. The van der Waals surface area contributed by atoms with Crippen molar-refractivity contribution >= 4 is 11.8 Å². The largest absolute Gasteiger partial charge is 0.471 e. The molecule has 2 amide bonds. The number of urea groups is 1. The van der Waals surface area contributed by atoms with E-state index in [9.17, 15) is 18.7 Å². The van der Waals surface area contributed by atoms with Gasteiger partial charge in [0.05, 0.1) is 29.6 Å². The fourth-order valence-corrected chi connectivity index (χ4v) is 6.69. The molecule has 0 radical (unpaired) electrons. The van der Waals surface area contributed by atoms with Gasteiger partial charge in [-0.2, -0.15) is 5.10 Å². The minimum absolute atomic E-state index is 0.0397. The van der Waals surface area contributed by atoms with E-state index in [4.69, 9.17) is 19.3 Å². The Hall–Kier alpha value is -4.47. The van der Waals surface area contributed by atoms with Crippen molar-refractivity contribution in [3.63, 3.8) is 0 Å². The minimum Gasteiger partial charge on any atom is -0.471 e. The predicted molar refractivity (Wildman–Crippen MR) is 188 cm³/mol. The fourth-order valence-electron chi connectivity index (χ4n) is 6.69. The van der Waals surface area contributed by atoms with Crippen LogP contribution in [0.4, 0.5) is 19.4 Å². The SMILES string of the molecule is COCCN1C[C@@H](NC(=O)Nc2c(C)c(-c3cnc(OCC(F)F)c(C(O)NC4CCOCC4)c3)nn2-c2ccccc2)[C@H](c2ccccc2)C1. The second-order valence-corrected chi connectivity index (χ2v) is 12.8. The zero-order valence-corrected chi connectivity index (χ0v) is 28.8. The molecule has 14 heteroatoms. The summed E-state index contributed by atoms with van der Waals surface area (Å²) in [6, 6.07) is 20.6. The number of aliphatic hydroxyl groups excluding tert-OH is 1. The van der Waals surface area contributed by atoms with Crippen LogP contribution in [0.15, 0.2) is 72.9 Å². The number of hydrogen-bond acceptors (Lipinski definition) is 9. The van der Waals surface area contributed by atoms with E-state index in [2.05, 4.69) is 38.0 Å². The van der Waals surface area contributed by atoms with Gasteiger partial charge < -0.3 is 24.6 Å². The number of para-hydroxylation sites is 1. The van der Waals surface area contributed by atoms with Gasteiger partial charge in [0.15, 0.2) is 6.61 Å². The highest BCUT2D eigenvalue weighted by Crippen LogP contribution is 2.34. The number of ether oxygens (including phenoxy) is 3. The molecule has 4 aromatic rings. The van der Waals surface area contributed by atoms with E-state index in [-0.39, 0.29) is 35.5 Å². The van der Waals surface area contributed by atoms with Crippen LogP contribution in [0.2, 0.25) is 0 Å². The van der Waals surface area contributed by atoms with Gasteiger partial charge in [0.1, 0.15) is 12.0 Å². The van der Waals surface area contributed by atoms with Crippen molar-refractivity contribution in [3.8, 4) is 22.8 Å². The summed E-state index contributed by atoms with van der Waals surface area (Å²) >= 11 is 0. The first kappa shape index (κ1) is 36.3. The number of amides is 2. The van der Waals surface area contributed by atoms with Gasteiger partial charge in [-0.15, -0.1) is 0 Å². The van der Waals surface area contributed by atoms with E-state index in [0.29, 0.717) is 67.5 Å². The lowest BCUT2D eigenvalue weighted by atomic mass is 9.94. The number of anilines is 1. The summed E-state index contributed by atoms with van der Waals surface area (Å²) < 4.78 is 44.0. The molecule has 0 aliphatic carbocycles. The predicted octanol–water partition coefficient (Wildman–Crippen LogP) is 4.88. The van der Waals surface area contributed by atoms with Crippen molar-refractivity contribution in [3.05, 3.63) is 89.6 Å². The summed E-state index contributed by atoms with van der Waals surface area (Å²) in [6.45, 7) is 4.87. The van der Waals surface area contributed by atoms with Crippen molar-refractivity contribution in [2.75, 3.05) is 58.5 Å². The molecule has 2 fully saturated rings. The molecule has 272 valence electrons. The normalized spacial score (nSPS) is 18.9. The van der Waals surface area contributed by atoms with Crippen LogP contribution < -0.4 is 20.7 Å². The molecule has 1 unspecified atom stereocenters. The van der Waals surface area contributed by atoms with Crippen LogP contribution >= 0.6 is 0 Å². The number of likely N-dealkylation sites (tertiary alicyclic amines) is 1. The van der Waals surface area contributed by atoms with Crippen LogP contribution in [0.3, 0.4) is 0 Å². The molecular weight excluding hydrogens is 660 g/mol. The van der Waals surface area contributed by atoms with Crippen molar-refractivity contribution in [2.24, 2.45) is 0 Å². The Balaban J connectivity index is 1.30. The van der Waals surface area contributed by atoms with E-state index >= 15 is 0 Å². The number of carbonyl (C=O) groups excluding carboxylic acids is 1. The Kier molecular flexibility index (Phi) is 12.2. The first-order valence-corrected chi connectivity index (χ1v) is 17.2. The lowest BCUT2D eigenvalue weighted by molar-refractivity contribution is 0.0456. The number of pyridine rings is 1. The first-order chi connectivity index (χ1) is 24.8. The van der Waals surface area contributed by atoms with Crippen molar-refractivity contribution in [1.82, 2.24) is 30.3 Å². The maximum Gasteiger partial charge on any atom is 0.320 e. The molecule has 2 aromatic heterocycles. The van der Waals surface area contributed by atoms with Crippen LogP contribution in [-0.2, 0) is 9.47 Å². The highest BCUT2D eigenvalue weighted by molar-refractivity contribution is 5.91. The zero-order chi connectivity index (χ0) is 35.7. The van der Waals surface area contributed by atoms with Crippen LogP contribution in [0.25, 0.3) is 16.9 Å². The summed E-state index contributed by atoms with van der Waals surface area (Å²) in [4.78, 5) is 20.4. The third-order valence-corrected chi connectivity index (χ3v) is 9.31. The molecule has 3 atom stereocenters. The molecule has 51 heavy (non-hydrogen) atoms. The van der Waals surface area contributed by atoms with Crippen molar-refractivity contribution < 1.29 is 32.9 Å². The zero-order valence-electron chi connectivity index (χ0n) is 28.8. The summed E-state index contributed by atoms with van der Waals surface area (Å²) in [6.07, 6.45) is -1.12. The van der Waals surface area contributed by atoms with E-state index in [1.807, 2.05) is 55.5 Å². The van der Waals surface area contributed by atoms with Crippen LogP contribution in [-0.4, -0.2) is 102 Å². The molecule has 12 nitrogen and oxygen atoms in total. The molecule has 2 aliphatic heterocycles. The first-order valence-electron chi connectivity index (χ1n) is 17.2. The molecule has 0 saturated carbocycles. The van der Waals surface area contributed by atoms with Crippen molar-refractivity contribution in [2.45, 2.75) is 50.4 Å². The number of hydrogen-bond donors (Lipinski definition) is 4. The van der Waals surface area contributed by atoms with Gasteiger partial charge in [-0.3, -0.25) is 15.5 Å². The van der Waals surface area contributed by atoms with Crippen LogP contribution in [0.5, 0.6) is 5.88 Å². The summed E-state index contributed by atoms with van der Waals surface area (Å²) in [5.74, 6) is 0.425. The number of nitrogens with zero attached hydrogens (tertiary/aromatic N) is 4. The molecule has 2 aromatic carbocycles. The number of benzene rings is 2. The molecule has 4 N–H and O–H groups in total. The highest BCUT2D eigenvalue weighted by Gasteiger charge is 2.35. The second kappa shape index (κ2) is 17.2. The number of aromatic nitrogens is 3. The molecule has 6 rings (SSSR count). The molecule has 0 bridgehead atoms. The van der Waals surface area contributed by atoms with E-state index in [1.165, 1.54) is 6.20 Å². The number of rotatable bonds is 14. The van der Waals surface area contributed by atoms with E-state index < -0.39 is 19.3 Å². The fraction of sp³-hybridized carbons (Fsp3) is 0.432. The summed E-state index contributed by atoms with van der Waals surface area (Å²) in [5.41, 5.74) is 3.69. The third-order valence-electron chi connectivity index (χ3n) is 9.31. The number of halogens is 2. The molecule has 4 heterocycles. The topological polar surface area (TPSA) is 135 Å². The van der Waals surface area contributed by atoms with Gasteiger partial charge in [-0.25, -0.2) is 23.2 Å². The van der Waals surface area contributed by atoms with E-state index in [1.54, 1.807) is 17.9 Å². The average molecular weight is 706 g/mol. The minimum atomic E-state index is -2.72. The Morgan fingerprint density at radius 1 is 1.08 bits per heavy atom. The average Bonchev–Trinajstić information content (AvgIpc) is 3.70. The Morgan fingerprint density at radius 2 is 1.80 bits per heavy atom. The van der Waals surface area contributed by atoms with Gasteiger partial charge in [-0.1, -0.05) is 48.5 Å². The quantitative estimate of drug-likeness (QED) is 0.136. The Labute approximate surface area is 296 Å². The Bertz CT molecular complexity index is 1720. The molecule has 0 spiro atoms. The Morgan fingerprint density at radius 3 is 2.51 bits per heavy atom. The second-order valence-electron chi connectivity index (χ2n) is 12.8.